The maximum Gasteiger partial charge on any atom is 0.339 e. The average molecular weight is 381 g/mol. The van der Waals surface area contributed by atoms with Gasteiger partial charge in [-0.3, -0.25) is 0 Å². The van der Waals surface area contributed by atoms with Crippen LogP contribution in [-0.4, -0.2) is 24.8 Å². The molecule has 0 fully saturated rings. The van der Waals surface area contributed by atoms with Crippen LogP contribution in [0.15, 0.2) is 47.4 Å². The van der Waals surface area contributed by atoms with Gasteiger partial charge >= 0.3 is 10.1 Å². The topological polar surface area (TPSA) is 72.8 Å². The Morgan fingerprint density at radius 2 is 1.76 bits per heavy atom. The van der Waals surface area contributed by atoms with E-state index >= 15 is 0 Å². The maximum absolute atomic E-state index is 12.6. The third kappa shape index (κ3) is 3.14. The highest BCUT2D eigenvalue weighted by Crippen LogP contribution is 2.69. The largest absolute Gasteiger partial charge is 0.452 e. The smallest absolute Gasteiger partial charge is 0.339 e. The van der Waals surface area contributed by atoms with Gasteiger partial charge in [-0.1, -0.05) is 23.8 Å². The minimum absolute atomic E-state index is 0.0762. The van der Waals surface area contributed by atoms with Crippen molar-refractivity contribution in [1.29, 1.82) is 0 Å². The Balaban J connectivity index is 2.06. The highest BCUT2D eigenvalue weighted by Gasteiger charge is 2.59. The van der Waals surface area contributed by atoms with E-state index in [-0.39, 0.29) is 17.0 Å². The Morgan fingerprint density at radius 1 is 1.12 bits per heavy atom. The van der Waals surface area contributed by atoms with Crippen molar-refractivity contribution in [3.63, 3.8) is 0 Å². The molecule has 0 bridgehead atoms. The fraction of sp³-hybridized carbons (Fsp3) is 0.333. The second-order valence-corrected chi connectivity index (χ2v) is 12.3. The van der Waals surface area contributed by atoms with Crippen LogP contribution in [0.1, 0.15) is 26.3 Å². The molecule has 1 unspecified atom stereocenters. The Kier molecular flexibility index (Phi) is 4.34. The van der Waals surface area contributed by atoms with Crippen molar-refractivity contribution in [2.75, 3.05) is 6.35 Å². The SMILES string of the molecule is Cc1ccc(S(=O)(=O)Oc2cccc3c2[P+](O)(C(C)(C)C)CO3)cc1. The number of ether oxygens (including phenoxy) is 1. The minimum Gasteiger partial charge on any atom is -0.452 e. The second-order valence-electron chi connectivity index (χ2n) is 7.17. The number of fused-ring (bicyclic) bond motifs is 1. The predicted octanol–water partition coefficient (Wildman–Crippen LogP) is 3.46. The predicted molar refractivity (Wildman–Crippen MR) is 99.5 cm³/mol. The molecule has 1 heterocycles. The third-order valence-electron chi connectivity index (χ3n) is 4.36. The monoisotopic (exact) mass is 381 g/mol. The molecule has 0 radical (unpaired) electrons. The van der Waals surface area contributed by atoms with Gasteiger partial charge in [0.15, 0.2) is 11.5 Å². The fourth-order valence-corrected chi connectivity index (χ4v) is 6.18. The Bertz CT molecular complexity index is 900. The van der Waals surface area contributed by atoms with Crippen LogP contribution in [-0.2, 0) is 10.1 Å². The first-order valence-electron chi connectivity index (χ1n) is 7.93. The lowest BCUT2D eigenvalue weighted by Gasteiger charge is -2.27. The molecule has 0 saturated carbocycles. The Hall–Kier alpha value is -1.62. The zero-order valence-electron chi connectivity index (χ0n) is 14.7. The van der Waals surface area contributed by atoms with Crippen LogP contribution >= 0.6 is 7.49 Å². The molecule has 0 aromatic heterocycles. The van der Waals surface area contributed by atoms with Gasteiger partial charge in [-0.15, -0.1) is 0 Å². The van der Waals surface area contributed by atoms with Gasteiger partial charge in [-0.05, 0) is 52.0 Å². The highest BCUT2D eigenvalue weighted by atomic mass is 32.2. The van der Waals surface area contributed by atoms with Gasteiger partial charge in [0, 0.05) is 0 Å². The van der Waals surface area contributed by atoms with Crippen LogP contribution in [0.5, 0.6) is 11.5 Å². The average Bonchev–Trinajstić information content (AvgIpc) is 2.87. The van der Waals surface area contributed by atoms with Crippen molar-refractivity contribution >= 4 is 22.9 Å². The molecule has 1 aliphatic rings. The van der Waals surface area contributed by atoms with Crippen LogP contribution in [0, 0.1) is 6.92 Å². The van der Waals surface area contributed by atoms with E-state index in [1.54, 1.807) is 30.3 Å². The molecular formula is C18H22O5PS+. The van der Waals surface area contributed by atoms with E-state index in [1.165, 1.54) is 12.1 Å². The first-order chi connectivity index (χ1) is 11.5. The third-order valence-corrected chi connectivity index (χ3v) is 9.51. The molecule has 5 nitrogen and oxygen atoms in total. The van der Waals surface area contributed by atoms with Crippen LogP contribution in [0.4, 0.5) is 0 Å². The minimum atomic E-state index is -4.00. The number of hydrogen-bond donors (Lipinski definition) is 1. The van der Waals surface area contributed by atoms with Gasteiger partial charge in [0.25, 0.3) is 0 Å². The van der Waals surface area contributed by atoms with Crippen LogP contribution < -0.4 is 14.2 Å². The number of benzene rings is 2. The molecule has 2 aromatic rings. The standard InChI is InChI=1S/C18H22O5PS/c1-13-8-10-14(11-9-13)25(20,21)23-16-7-5-6-15-17(16)24(19,12-22-15)18(2,3)4/h5-11,19H,12H2,1-4H3/q+1. The van der Waals surface area contributed by atoms with Gasteiger partial charge in [0.1, 0.15) is 10.1 Å². The lowest BCUT2D eigenvalue weighted by molar-refractivity contribution is 0.382. The van der Waals surface area contributed by atoms with E-state index in [9.17, 15) is 13.3 Å². The van der Waals surface area contributed by atoms with Gasteiger partial charge in [-0.25, -0.2) is 4.89 Å². The first kappa shape index (κ1) is 18.2. The molecule has 134 valence electrons. The zero-order valence-corrected chi connectivity index (χ0v) is 16.4. The van der Waals surface area contributed by atoms with Crippen LogP contribution in [0.3, 0.4) is 0 Å². The summed E-state index contributed by atoms with van der Waals surface area (Å²) in [5.74, 6) is 0.628. The van der Waals surface area contributed by atoms with Gasteiger partial charge in [0.2, 0.25) is 19.1 Å². The van der Waals surface area contributed by atoms with Gasteiger partial charge in [0.05, 0.1) is 0 Å². The van der Waals surface area contributed by atoms with Crippen LogP contribution in [0.25, 0.3) is 0 Å². The summed E-state index contributed by atoms with van der Waals surface area (Å²) in [5.41, 5.74) is 0.959. The summed E-state index contributed by atoms with van der Waals surface area (Å²) in [6, 6.07) is 11.4. The molecule has 1 N–H and O–H groups in total. The second kappa shape index (κ2) is 5.97. The molecule has 3 rings (SSSR count). The number of hydrogen-bond acceptors (Lipinski definition) is 5. The normalized spacial score (nSPS) is 20.0. The molecule has 1 aliphatic heterocycles. The molecule has 0 amide bonds. The maximum atomic E-state index is 12.6. The lowest BCUT2D eigenvalue weighted by Crippen LogP contribution is -2.29. The molecule has 0 saturated heterocycles. The summed E-state index contributed by atoms with van der Waals surface area (Å²) in [4.78, 5) is 11.4. The molecular weight excluding hydrogens is 359 g/mol. The summed E-state index contributed by atoms with van der Waals surface area (Å²) in [6.45, 7) is 7.64. The number of rotatable bonds is 3. The van der Waals surface area contributed by atoms with Crippen molar-refractivity contribution in [2.24, 2.45) is 0 Å². The quantitative estimate of drug-likeness (QED) is 0.651. The summed E-state index contributed by atoms with van der Waals surface area (Å²) < 4.78 is 36.3. The Labute approximate surface area is 149 Å². The Morgan fingerprint density at radius 3 is 2.36 bits per heavy atom. The van der Waals surface area contributed by atoms with E-state index < -0.39 is 22.8 Å². The molecule has 1 atom stereocenters. The van der Waals surface area contributed by atoms with E-state index in [1.807, 2.05) is 27.7 Å². The summed E-state index contributed by atoms with van der Waals surface area (Å²) >= 11 is 0. The van der Waals surface area contributed by atoms with Crippen molar-refractivity contribution in [1.82, 2.24) is 0 Å². The zero-order chi connectivity index (χ0) is 18.5. The highest BCUT2D eigenvalue weighted by molar-refractivity contribution is 7.87. The van der Waals surface area contributed by atoms with E-state index in [0.29, 0.717) is 11.1 Å². The van der Waals surface area contributed by atoms with Gasteiger partial charge < -0.3 is 8.92 Å². The van der Waals surface area contributed by atoms with Crippen molar-refractivity contribution < 1.29 is 22.2 Å². The summed E-state index contributed by atoms with van der Waals surface area (Å²) in [5, 5.41) is 0.0314. The number of aryl methyl sites for hydroxylation is 1. The summed E-state index contributed by atoms with van der Waals surface area (Å²) in [7, 11) is -6.72. The fourth-order valence-electron chi connectivity index (χ4n) is 2.68. The van der Waals surface area contributed by atoms with Crippen molar-refractivity contribution in [3.05, 3.63) is 48.0 Å². The van der Waals surface area contributed by atoms with Crippen LogP contribution in [0.2, 0.25) is 0 Å². The van der Waals surface area contributed by atoms with E-state index in [2.05, 4.69) is 0 Å². The van der Waals surface area contributed by atoms with Crippen molar-refractivity contribution in [3.8, 4) is 11.5 Å². The first-order valence-corrected chi connectivity index (χ1v) is 11.3. The van der Waals surface area contributed by atoms with E-state index in [0.717, 1.165) is 5.56 Å². The summed E-state index contributed by atoms with van der Waals surface area (Å²) in [6.07, 6.45) is 0.163. The molecule has 0 aliphatic carbocycles. The van der Waals surface area contributed by atoms with E-state index in [4.69, 9.17) is 8.92 Å². The molecule has 0 spiro atoms. The molecule has 7 heteroatoms. The lowest BCUT2D eigenvalue weighted by atomic mass is 10.2. The molecule has 25 heavy (non-hydrogen) atoms. The van der Waals surface area contributed by atoms with Gasteiger partial charge in [-0.2, -0.15) is 8.42 Å². The molecule has 2 aromatic carbocycles. The van der Waals surface area contributed by atoms with Crippen molar-refractivity contribution in [2.45, 2.75) is 37.7 Å².